The van der Waals surface area contributed by atoms with Crippen LogP contribution in [0.15, 0.2) is 47.5 Å². The van der Waals surface area contributed by atoms with Crippen LogP contribution in [0.2, 0.25) is 0 Å². The van der Waals surface area contributed by atoms with Gasteiger partial charge in [0, 0.05) is 29.8 Å². The molecule has 6 heteroatoms. The van der Waals surface area contributed by atoms with Gasteiger partial charge in [-0.15, -0.1) is 0 Å². The number of aryl methyl sites for hydroxylation is 3. The van der Waals surface area contributed by atoms with Crippen molar-refractivity contribution in [2.45, 2.75) is 26.1 Å². The lowest BCUT2D eigenvalue weighted by atomic mass is 10.1. The summed E-state index contributed by atoms with van der Waals surface area (Å²) in [6, 6.07) is 9.79. The Hall–Kier alpha value is -2.89. The molecular weight excluding hydrogens is 333 g/mol. The minimum Gasteiger partial charge on any atom is -0.361 e. The first-order valence-corrected chi connectivity index (χ1v) is 8.73. The van der Waals surface area contributed by atoms with Gasteiger partial charge in [0.15, 0.2) is 0 Å². The van der Waals surface area contributed by atoms with Crippen LogP contribution in [0.3, 0.4) is 0 Å². The second kappa shape index (κ2) is 6.44. The first kappa shape index (κ1) is 16.6. The highest BCUT2D eigenvalue weighted by atomic mass is 19.1. The molecule has 1 amide bonds. The molecule has 1 aliphatic heterocycles. The van der Waals surface area contributed by atoms with Crippen LogP contribution < -0.4 is 5.56 Å². The highest BCUT2D eigenvalue weighted by Crippen LogP contribution is 2.19. The van der Waals surface area contributed by atoms with Crippen molar-refractivity contribution >= 4 is 16.8 Å². The zero-order chi connectivity index (χ0) is 18.3. The Labute approximate surface area is 150 Å². The molecule has 0 atom stereocenters. The molecule has 3 aromatic rings. The number of alkyl halides is 1. The van der Waals surface area contributed by atoms with Gasteiger partial charge in [-0.2, -0.15) is 0 Å². The van der Waals surface area contributed by atoms with Gasteiger partial charge in [-0.1, -0.05) is 18.2 Å². The lowest BCUT2D eigenvalue weighted by Crippen LogP contribution is -2.53. The normalized spacial score (nSPS) is 14.6. The van der Waals surface area contributed by atoms with Crippen molar-refractivity contribution in [3.05, 3.63) is 69.8 Å². The number of fused-ring (bicyclic) bond motifs is 1. The lowest BCUT2D eigenvalue weighted by Gasteiger charge is -2.34. The van der Waals surface area contributed by atoms with Gasteiger partial charge in [0.2, 0.25) is 0 Å². The van der Waals surface area contributed by atoms with E-state index >= 15 is 0 Å². The Balaban J connectivity index is 1.58. The van der Waals surface area contributed by atoms with E-state index < -0.39 is 6.17 Å². The van der Waals surface area contributed by atoms with Crippen LogP contribution in [0.1, 0.15) is 21.5 Å². The number of hydrogen-bond donors (Lipinski definition) is 1. The first-order valence-electron chi connectivity index (χ1n) is 8.73. The minimum absolute atomic E-state index is 0.0714. The van der Waals surface area contributed by atoms with E-state index in [1.165, 1.54) is 4.90 Å². The number of amides is 1. The topological polar surface area (TPSA) is 58.1 Å². The highest BCUT2D eigenvalue weighted by molar-refractivity contribution is 5.95. The van der Waals surface area contributed by atoms with E-state index in [0.717, 1.165) is 16.5 Å². The Morgan fingerprint density at radius 1 is 1.27 bits per heavy atom. The van der Waals surface area contributed by atoms with Crippen molar-refractivity contribution in [3.8, 4) is 0 Å². The van der Waals surface area contributed by atoms with Crippen molar-refractivity contribution in [1.29, 1.82) is 0 Å². The molecule has 4 rings (SSSR count). The molecule has 2 aromatic heterocycles. The number of halogens is 1. The maximum absolute atomic E-state index is 13.0. The third kappa shape index (κ3) is 2.81. The minimum atomic E-state index is -0.980. The average molecular weight is 353 g/mol. The number of hydrogen-bond acceptors (Lipinski definition) is 2. The quantitative estimate of drug-likeness (QED) is 0.784. The summed E-state index contributed by atoms with van der Waals surface area (Å²) >= 11 is 0. The summed E-state index contributed by atoms with van der Waals surface area (Å²) in [4.78, 5) is 29.9. The zero-order valence-corrected chi connectivity index (χ0v) is 14.5. The van der Waals surface area contributed by atoms with E-state index in [9.17, 15) is 14.0 Å². The molecular formula is C20H20FN3O2. The Kier molecular flexibility index (Phi) is 4.11. The molecule has 1 N–H and O–H groups in total. The van der Waals surface area contributed by atoms with E-state index in [0.29, 0.717) is 18.5 Å². The van der Waals surface area contributed by atoms with Gasteiger partial charge in [0.1, 0.15) is 11.7 Å². The molecule has 0 unspecified atom stereocenters. The molecule has 3 heterocycles. The number of nitrogens with one attached hydrogen (secondary N) is 1. The molecule has 26 heavy (non-hydrogen) atoms. The standard InChI is InChI=1S/C20H20FN3O2/c1-13-6-8-23(19(25)18(13)20(26)24-11-15(21)12-24)9-7-14-10-22-17-5-3-2-4-16(14)17/h2-6,8,10,15,22H,7,9,11-12H2,1H3. The number of aromatic amines is 1. The summed E-state index contributed by atoms with van der Waals surface area (Å²) in [7, 11) is 0. The van der Waals surface area contributed by atoms with Gasteiger partial charge >= 0.3 is 0 Å². The predicted molar refractivity (Wildman–Crippen MR) is 98.2 cm³/mol. The maximum atomic E-state index is 13.0. The van der Waals surface area contributed by atoms with E-state index in [1.54, 1.807) is 23.8 Å². The summed E-state index contributed by atoms with van der Waals surface area (Å²) in [5.41, 5.74) is 2.67. The number of likely N-dealkylation sites (tertiary alicyclic amines) is 1. The van der Waals surface area contributed by atoms with Crippen LogP contribution in [0, 0.1) is 6.92 Å². The van der Waals surface area contributed by atoms with Crippen LogP contribution in [0.5, 0.6) is 0 Å². The number of aromatic nitrogens is 2. The summed E-state index contributed by atoms with van der Waals surface area (Å²) in [6.45, 7) is 2.36. The molecule has 0 bridgehead atoms. The van der Waals surface area contributed by atoms with Crippen molar-refractivity contribution in [2.75, 3.05) is 13.1 Å². The third-order valence-electron chi connectivity index (χ3n) is 5.01. The molecule has 1 aromatic carbocycles. The molecule has 134 valence electrons. The second-order valence-electron chi connectivity index (χ2n) is 6.79. The maximum Gasteiger partial charge on any atom is 0.263 e. The smallest absolute Gasteiger partial charge is 0.263 e. The first-order chi connectivity index (χ1) is 12.5. The van der Waals surface area contributed by atoms with Crippen LogP contribution in [0.25, 0.3) is 10.9 Å². The largest absolute Gasteiger partial charge is 0.361 e. The number of benzene rings is 1. The van der Waals surface area contributed by atoms with Gasteiger partial charge in [-0.25, -0.2) is 4.39 Å². The van der Waals surface area contributed by atoms with Crippen LogP contribution in [-0.2, 0) is 13.0 Å². The highest BCUT2D eigenvalue weighted by Gasteiger charge is 2.33. The van der Waals surface area contributed by atoms with Crippen molar-refractivity contribution in [3.63, 3.8) is 0 Å². The second-order valence-corrected chi connectivity index (χ2v) is 6.79. The molecule has 0 radical (unpaired) electrons. The fourth-order valence-electron chi connectivity index (χ4n) is 3.43. The zero-order valence-electron chi connectivity index (χ0n) is 14.5. The lowest BCUT2D eigenvalue weighted by molar-refractivity contribution is 0.0397. The molecule has 0 spiro atoms. The number of rotatable bonds is 4. The summed E-state index contributed by atoms with van der Waals surface area (Å²) in [6.07, 6.45) is 3.37. The predicted octanol–water partition coefficient (Wildman–Crippen LogP) is 2.67. The summed E-state index contributed by atoms with van der Waals surface area (Å²) in [5, 5.41) is 1.14. The van der Waals surface area contributed by atoms with Gasteiger partial charge in [0.25, 0.3) is 11.5 Å². The fourth-order valence-corrected chi connectivity index (χ4v) is 3.43. The molecule has 5 nitrogen and oxygen atoms in total. The number of H-pyrrole nitrogens is 1. The van der Waals surface area contributed by atoms with Gasteiger partial charge in [0.05, 0.1) is 13.1 Å². The molecule has 1 saturated heterocycles. The van der Waals surface area contributed by atoms with E-state index in [-0.39, 0.29) is 30.1 Å². The van der Waals surface area contributed by atoms with Gasteiger partial charge in [-0.05, 0) is 36.6 Å². The summed E-state index contributed by atoms with van der Waals surface area (Å²) < 4.78 is 14.6. The number of carbonyl (C=O) groups excluding carboxylic acids is 1. The number of carbonyl (C=O) groups is 1. The van der Waals surface area contributed by atoms with E-state index in [4.69, 9.17) is 0 Å². The molecule has 1 fully saturated rings. The van der Waals surface area contributed by atoms with Crippen LogP contribution in [0.4, 0.5) is 4.39 Å². The molecule has 0 saturated carbocycles. The average Bonchev–Trinajstić information content (AvgIpc) is 3.01. The van der Waals surface area contributed by atoms with Crippen molar-refractivity contribution in [1.82, 2.24) is 14.5 Å². The Morgan fingerprint density at radius 3 is 2.81 bits per heavy atom. The van der Waals surface area contributed by atoms with Crippen molar-refractivity contribution in [2.24, 2.45) is 0 Å². The molecule has 1 aliphatic rings. The number of pyridine rings is 1. The molecule has 0 aliphatic carbocycles. The van der Waals surface area contributed by atoms with Gasteiger partial charge < -0.3 is 14.5 Å². The Bertz CT molecular complexity index is 1030. The van der Waals surface area contributed by atoms with E-state index in [2.05, 4.69) is 4.98 Å². The number of nitrogens with zero attached hydrogens (tertiary/aromatic N) is 2. The SMILES string of the molecule is Cc1ccn(CCc2c[nH]c3ccccc23)c(=O)c1C(=O)N1CC(F)C1. The number of para-hydroxylation sites is 1. The van der Waals surface area contributed by atoms with Crippen LogP contribution >= 0.6 is 0 Å². The Morgan fingerprint density at radius 2 is 2.04 bits per heavy atom. The fraction of sp³-hybridized carbons (Fsp3) is 0.300. The van der Waals surface area contributed by atoms with E-state index in [1.807, 2.05) is 30.5 Å². The third-order valence-corrected chi connectivity index (χ3v) is 5.01. The monoisotopic (exact) mass is 353 g/mol. The summed E-state index contributed by atoms with van der Waals surface area (Å²) in [5.74, 6) is -0.372. The van der Waals surface area contributed by atoms with Crippen molar-refractivity contribution < 1.29 is 9.18 Å². The van der Waals surface area contributed by atoms with Crippen LogP contribution in [-0.4, -0.2) is 39.6 Å². The van der Waals surface area contributed by atoms with Gasteiger partial charge in [-0.3, -0.25) is 9.59 Å².